The zero-order chi connectivity index (χ0) is 32.6. The molecule has 0 aliphatic carbocycles. The molecule has 4 heteroatoms. The Hall–Kier alpha value is -6.65. The lowest BCUT2D eigenvalue weighted by Crippen LogP contribution is -2.00. The van der Waals surface area contributed by atoms with Crippen molar-refractivity contribution in [3.8, 4) is 67.5 Å². The molecular weight excluding hydrogens is 599 g/mol. The highest BCUT2D eigenvalue weighted by molar-refractivity contribution is 6.09. The lowest BCUT2D eigenvalue weighted by molar-refractivity contribution is 0.669. The fourth-order valence-corrected chi connectivity index (χ4v) is 6.44. The third-order valence-electron chi connectivity index (χ3n) is 8.98. The summed E-state index contributed by atoms with van der Waals surface area (Å²) in [6.07, 6.45) is 0. The summed E-state index contributed by atoms with van der Waals surface area (Å²) in [4.78, 5) is 15.0. The van der Waals surface area contributed by atoms with E-state index in [1.165, 1.54) is 22.3 Å². The van der Waals surface area contributed by atoms with Crippen LogP contribution in [0.5, 0.6) is 0 Å². The van der Waals surface area contributed by atoms with Gasteiger partial charge in [-0.15, -0.1) is 0 Å². The van der Waals surface area contributed by atoms with Crippen molar-refractivity contribution in [1.82, 2.24) is 15.0 Å². The molecule has 0 bridgehead atoms. The first kappa shape index (κ1) is 28.6. The van der Waals surface area contributed by atoms with Crippen LogP contribution in [0, 0.1) is 0 Å². The monoisotopic (exact) mass is 627 g/mol. The highest BCUT2D eigenvalue weighted by Gasteiger charge is 2.18. The molecule has 0 aliphatic rings. The molecule has 0 fully saturated rings. The summed E-state index contributed by atoms with van der Waals surface area (Å²) >= 11 is 0. The molecule has 0 amide bonds. The Balaban J connectivity index is 1.09. The molecule has 0 spiro atoms. The molecule has 0 N–H and O–H groups in total. The van der Waals surface area contributed by atoms with Crippen molar-refractivity contribution in [2.75, 3.05) is 0 Å². The van der Waals surface area contributed by atoms with Crippen LogP contribution in [0.4, 0.5) is 0 Å². The number of hydrogen-bond acceptors (Lipinski definition) is 4. The molecule has 0 saturated heterocycles. The van der Waals surface area contributed by atoms with E-state index in [9.17, 15) is 0 Å². The minimum absolute atomic E-state index is 0.571. The van der Waals surface area contributed by atoms with E-state index in [0.29, 0.717) is 17.5 Å². The standard InChI is InChI=1S/C45H29N3O/c1-3-11-30(12-4-1)31-21-23-32(24-22-31)33-25-27-34(28-26-33)36-15-9-16-37(29-36)44-46-43(35-13-5-2-6-14-35)47-45(48-44)40-19-10-18-39-38-17-7-8-20-41(38)49-42(39)40/h1-29H. The van der Waals surface area contributed by atoms with Gasteiger partial charge in [0.05, 0.1) is 5.56 Å². The average Bonchev–Trinajstić information content (AvgIpc) is 3.58. The molecule has 49 heavy (non-hydrogen) atoms. The number of rotatable bonds is 6. The van der Waals surface area contributed by atoms with Crippen molar-refractivity contribution in [3.05, 3.63) is 176 Å². The normalized spacial score (nSPS) is 11.3. The predicted octanol–water partition coefficient (Wildman–Crippen LogP) is 11.8. The number of benzene rings is 7. The van der Waals surface area contributed by atoms with Gasteiger partial charge in [0, 0.05) is 21.9 Å². The lowest BCUT2D eigenvalue weighted by Gasteiger charge is -2.10. The van der Waals surface area contributed by atoms with Crippen LogP contribution in [0.1, 0.15) is 0 Å². The molecule has 4 nitrogen and oxygen atoms in total. The van der Waals surface area contributed by atoms with Gasteiger partial charge in [-0.3, -0.25) is 0 Å². The second-order valence-electron chi connectivity index (χ2n) is 12.1. The molecule has 9 rings (SSSR count). The molecular formula is C45H29N3O. The van der Waals surface area contributed by atoms with Crippen LogP contribution in [-0.4, -0.2) is 15.0 Å². The minimum Gasteiger partial charge on any atom is -0.455 e. The zero-order valence-electron chi connectivity index (χ0n) is 26.5. The molecule has 0 aliphatic heterocycles. The van der Waals surface area contributed by atoms with Gasteiger partial charge in [-0.25, -0.2) is 15.0 Å². The molecule has 9 aromatic rings. The Morgan fingerprint density at radius 2 is 0.755 bits per heavy atom. The SMILES string of the molecule is c1ccc(-c2ccc(-c3ccc(-c4cccc(-c5nc(-c6ccccc6)nc(-c6cccc7c6oc6ccccc67)n5)c4)cc3)cc2)cc1. The van der Waals surface area contributed by atoms with Gasteiger partial charge in [0.2, 0.25) is 0 Å². The quantitative estimate of drug-likeness (QED) is 0.184. The van der Waals surface area contributed by atoms with Crippen molar-refractivity contribution in [2.24, 2.45) is 0 Å². The summed E-state index contributed by atoms with van der Waals surface area (Å²) in [6, 6.07) is 60.6. The summed E-state index contributed by atoms with van der Waals surface area (Å²) in [6.45, 7) is 0. The first-order chi connectivity index (χ1) is 24.3. The second kappa shape index (κ2) is 12.2. The maximum atomic E-state index is 6.37. The van der Waals surface area contributed by atoms with Gasteiger partial charge in [-0.1, -0.05) is 158 Å². The fraction of sp³-hybridized carbons (Fsp3) is 0. The Labute approximate surface area is 284 Å². The van der Waals surface area contributed by atoms with E-state index < -0.39 is 0 Å². The number of fused-ring (bicyclic) bond motifs is 3. The van der Waals surface area contributed by atoms with E-state index in [4.69, 9.17) is 19.4 Å². The summed E-state index contributed by atoms with van der Waals surface area (Å²) in [5.74, 6) is 1.79. The number of hydrogen-bond donors (Lipinski definition) is 0. The topological polar surface area (TPSA) is 51.8 Å². The van der Waals surface area contributed by atoms with Crippen LogP contribution in [0.2, 0.25) is 0 Å². The number of furan rings is 1. The van der Waals surface area contributed by atoms with Crippen LogP contribution in [0.25, 0.3) is 89.5 Å². The van der Waals surface area contributed by atoms with Crippen molar-refractivity contribution in [3.63, 3.8) is 0 Å². The van der Waals surface area contributed by atoms with E-state index in [2.05, 4.69) is 109 Å². The molecule has 0 atom stereocenters. The van der Waals surface area contributed by atoms with Gasteiger partial charge >= 0.3 is 0 Å². The van der Waals surface area contributed by atoms with Crippen molar-refractivity contribution in [2.45, 2.75) is 0 Å². The smallest absolute Gasteiger partial charge is 0.167 e. The second-order valence-corrected chi connectivity index (χ2v) is 12.1. The van der Waals surface area contributed by atoms with Crippen molar-refractivity contribution < 1.29 is 4.42 Å². The summed E-state index contributed by atoms with van der Waals surface area (Å²) in [7, 11) is 0. The Kier molecular flexibility index (Phi) is 7.10. The van der Waals surface area contributed by atoms with Crippen LogP contribution in [-0.2, 0) is 0 Å². The fourth-order valence-electron chi connectivity index (χ4n) is 6.44. The van der Waals surface area contributed by atoms with Crippen molar-refractivity contribution in [1.29, 1.82) is 0 Å². The zero-order valence-corrected chi connectivity index (χ0v) is 26.5. The van der Waals surface area contributed by atoms with E-state index >= 15 is 0 Å². The number of aromatic nitrogens is 3. The molecule has 0 saturated carbocycles. The first-order valence-electron chi connectivity index (χ1n) is 16.4. The maximum Gasteiger partial charge on any atom is 0.167 e. The predicted molar refractivity (Wildman–Crippen MR) is 200 cm³/mol. The molecule has 2 aromatic heterocycles. The third-order valence-corrected chi connectivity index (χ3v) is 8.98. The molecule has 2 heterocycles. The molecule has 0 radical (unpaired) electrons. The largest absolute Gasteiger partial charge is 0.455 e. The molecule has 230 valence electrons. The van der Waals surface area contributed by atoms with Crippen molar-refractivity contribution >= 4 is 21.9 Å². The van der Waals surface area contributed by atoms with E-state index in [1.54, 1.807) is 0 Å². The van der Waals surface area contributed by atoms with Gasteiger partial charge < -0.3 is 4.42 Å². The van der Waals surface area contributed by atoms with Crippen LogP contribution in [0.3, 0.4) is 0 Å². The highest BCUT2D eigenvalue weighted by Crippen LogP contribution is 2.36. The van der Waals surface area contributed by atoms with Crippen LogP contribution < -0.4 is 0 Å². The first-order valence-corrected chi connectivity index (χ1v) is 16.4. The third kappa shape index (κ3) is 5.45. The Morgan fingerprint density at radius 1 is 0.306 bits per heavy atom. The number of nitrogens with zero attached hydrogens (tertiary/aromatic N) is 3. The van der Waals surface area contributed by atoms with Gasteiger partial charge in [-0.2, -0.15) is 0 Å². The van der Waals surface area contributed by atoms with Gasteiger partial charge in [0.15, 0.2) is 17.5 Å². The Bertz CT molecular complexity index is 2570. The molecule has 0 unspecified atom stereocenters. The average molecular weight is 628 g/mol. The van der Waals surface area contributed by atoms with Gasteiger partial charge in [-0.05, 0) is 51.6 Å². The summed E-state index contributed by atoms with van der Waals surface area (Å²) in [5.41, 5.74) is 11.3. The van der Waals surface area contributed by atoms with Gasteiger partial charge in [0.1, 0.15) is 11.2 Å². The maximum absolute atomic E-state index is 6.37. The summed E-state index contributed by atoms with van der Waals surface area (Å²) in [5, 5.41) is 2.11. The van der Waals surface area contributed by atoms with E-state index in [0.717, 1.165) is 49.8 Å². The van der Waals surface area contributed by atoms with E-state index in [-0.39, 0.29) is 0 Å². The van der Waals surface area contributed by atoms with Gasteiger partial charge in [0.25, 0.3) is 0 Å². The summed E-state index contributed by atoms with van der Waals surface area (Å²) < 4.78 is 6.37. The number of para-hydroxylation sites is 2. The lowest BCUT2D eigenvalue weighted by atomic mass is 9.97. The van der Waals surface area contributed by atoms with Crippen LogP contribution in [0.15, 0.2) is 180 Å². The Morgan fingerprint density at radius 3 is 1.43 bits per heavy atom. The minimum atomic E-state index is 0.571. The van der Waals surface area contributed by atoms with Crippen LogP contribution >= 0.6 is 0 Å². The van der Waals surface area contributed by atoms with E-state index in [1.807, 2.05) is 66.7 Å². The molecule has 7 aromatic carbocycles. The highest BCUT2D eigenvalue weighted by atomic mass is 16.3.